The average Bonchev–Trinajstić information content (AvgIpc) is 1.91. The summed E-state index contributed by atoms with van der Waals surface area (Å²) in [5, 5.41) is 16.8. The van der Waals surface area contributed by atoms with Gasteiger partial charge in [0.25, 0.3) is 0 Å². The van der Waals surface area contributed by atoms with Crippen molar-refractivity contribution in [2.24, 2.45) is 0 Å². The number of hydrogen-bond donors (Lipinski definition) is 2. The molecule has 1 aliphatic heterocycles. The smallest absolute Gasteiger partial charge is 0.209 e. The molecule has 0 bridgehead atoms. The van der Waals surface area contributed by atoms with Crippen molar-refractivity contribution in [3.05, 3.63) is 0 Å². The molecule has 2 unspecified atom stereocenters. The minimum Gasteiger partial charge on any atom is -0.364 e. The van der Waals surface area contributed by atoms with E-state index in [0.29, 0.717) is 0 Å². The molecule has 7 heavy (non-hydrogen) atoms. The van der Waals surface area contributed by atoms with Crippen LogP contribution in [-0.2, 0) is 9.47 Å². The fraction of sp³-hybridized carbons (Fsp3) is 1.00. The first-order valence-corrected chi connectivity index (χ1v) is 1.90. The molecule has 0 aromatic heterocycles. The van der Waals surface area contributed by atoms with Crippen molar-refractivity contribution in [2.45, 2.75) is 12.6 Å². The predicted molar refractivity (Wildman–Crippen MR) is 19.1 cm³/mol. The van der Waals surface area contributed by atoms with Gasteiger partial charge in [0.1, 0.15) is 0 Å². The van der Waals surface area contributed by atoms with Crippen LogP contribution in [0.4, 0.5) is 0 Å². The third-order valence-electron chi connectivity index (χ3n) is 0.722. The Kier molecular flexibility index (Phi) is 1.25. The van der Waals surface area contributed by atoms with Crippen molar-refractivity contribution in [3.63, 3.8) is 0 Å². The van der Waals surface area contributed by atoms with Gasteiger partial charge >= 0.3 is 0 Å². The minimum absolute atomic E-state index is 0.0255. The van der Waals surface area contributed by atoms with Crippen LogP contribution in [0, 0.1) is 0 Å². The molecule has 1 rings (SSSR count). The predicted octanol–water partition coefficient (Wildman–Crippen LogP) is -1.37. The van der Waals surface area contributed by atoms with Crippen LogP contribution in [0.1, 0.15) is 0 Å². The van der Waals surface area contributed by atoms with Crippen LogP contribution < -0.4 is 0 Å². The van der Waals surface area contributed by atoms with Crippen LogP contribution in [0.5, 0.6) is 0 Å². The maximum Gasteiger partial charge on any atom is 0.209 e. The summed E-state index contributed by atoms with van der Waals surface area (Å²) < 4.78 is 8.70. The summed E-state index contributed by atoms with van der Waals surface area (Å²) in [5.41, 5.74) is 0. The van der Waals surface area contributed by atoms with Gasteiger partial charge in [-0.1, -0.05) is 0 Å². The monoisotopic (exact) mass is 106 g/mol. The SMILES string of the molecule is OC1OCOC1O. The van der Waals surface area contributed by atoms with E-state index in [1.807, 2.05) is 0 Å². The van der Waals surface area contributed by atoms with E-state index < -0.39 is 12.6 Å². The first kappa shape index (κ1) is 4.99. The van der Waals surface area contributed by atoms with Crippen LogP contribution >= 0.6 is 0 Å². The standard InChI is InChI=1S/C3H6O4/c4-2-3(5)7-1-6-2/h2-5H,1H2. The first-order valence-electron chi connectivity index (χ1n) is 1.90. The van der Waals surface area contributed by atoms with E-state index in [2.05, 4.69) is 9.47 Å². The van der Waals surface area contributed by atoms with Crippen molar-refractivity contribution in [1.82, 2.24) is 0 Å². The minimum atomic E-state index is -1.15. The molecule has 1 heterocycles. The van der Waals surface area contributed by atoms with Gasteiger partial charge in [-0.25, -0.2) is 0 Å². The maximum absolute atomic E-state index is 8.40. The molecular weight excluding hydrogens is 100 g/mol. The molecule has 0 radical (unpaired) electrons. The zero-order valence-electron chi connectivity index (χ0n) is 3.57. The Morgan fingerprint density at radius 1 is 1.14 bits per heavy atom. The molecule has 2 atom stereocenters. The molecule has 4 nitrogen and oxygen atoms in total. The largest absolute Gasteiger partial charge is 0.364 e. The number of rotatable bonds is 0. The van der Waals surface area contributed by atoms with E-state index in [1.165, 1.54) is 0 Å². The van der Waals surface area contributed by atoms with Gasteiger partial charge in [0.15, 0.2) is 6.79 Å². The van der Waals surface area contributed by atoms with Crippen molar-refractivity contribution in [1.29, 1.82) is 0 Å². The van der Waals surface area contributed by atoms with Gasteiger partial charge in [0.05, 0.1) is 0 Å². The second kappa shape index (κ2) is 1.75. The lowest BCUT2D eigenvalue weighted by molar-refractivity contribution is -0.133. The van der Waals surface area contributed by atoms with Crippen LogP contribution in [0.3, 0.4) is 0 Å². The van der Waals surface area contributed by atoms with Gasteiger partial charge in [-0.2, -0.15) is 0 Å². The fourth-order valence-electron chi connectivity index (χ4n) is 0.343. The van der Waals surface area contributed by atoms with Crippen molar-refractivity contribution < 1.29 is 19.7 Å². The van der Waals surface area contributed by atoms with E-state index in [9.17, 15) is 0 Å². The molecule has 0 aliphatic carbocycles. The number of ether oxygens (including phenoxy) is 2. The van der Waals surface area contributed by atoms with Gasteiger partial charge in [0, 0.05) is 0 Å². The number of hydrogen-bond acceptors (Lipinski definition) is 4. The molecule has 0 aromatic carbocycles. The van der Waals surface area contributed by atoms with E-state index in [1.54, 1.807) is 0 Å². The molecule has 0 amide bonds. The molecule has 1 aliphatic rings. The Labute approximate surface area is 40.3 Å². The van der Waals surface area contributed by atoms with Gasteiger partial charge in [-0.3, -0.25) is 0 Å². The van der Waals surface area contributed by atoms with Gasteiger partial charge in [-0.15, -0.1) is 0 Å². The molecular formula is C3H6O4. The third-order valence-corrected chi connectivity index (χ3v) is 0.722. The lowest BCUT2D eigenvalue weighted by Crippen LogP contribution is -2.20. The lowest BCUT2D eigenvalue weighted by Gasteiger charge is -2.00. The molecule has 0 aromatic rings. The molecule has 4 heteroatoms. The first-order chi connectivity index (χ1) is 3.30. The van der Waals surface area contributed by atoms with E-state index in [0.717, 1.165) is 0 Å². The van der Waals surface area contributed by atoms with Crippen LogP contribution in [0.15, 0.2) is 0 Å². The third kappa shape index (κ3) is 0.889. The summed E-state index contributed by atoms with van der Waals surface area (Å²) in [7, 11) is 0. The normalized spacial score (nSPS) is 42.0. The maximum atomic E-state index is 8.40. The van der Waals surface area contributed by atoms with Gasteiger partial charge in [0.2, 0.25) is 12.6 Å². The van der Waals surface area contributed by atoms with E-state index >= 15 is 0 Å². The summed E-state index contributed by atoms with van der Waals surface area (Å²) in [6, 6.07) is 0. The van der Waals surface area contributed by atoms with Crippen molar-refractivity contribution in [2.75, 3.05) is 6.79 Å². The number of aliphatic hydroxyl groups is 2. The Bertz CT molecular complexity index is 56.0. The van der Waals surface area contributed by atoms with Crippen LogP contribution in [0.2, 0.25) is 0 Å². The summed E-state index contributed by atoms with van der Waals surface area (Å²) in [4.78, 5) is 0. The average molecular weight is 106 g/mol. The quantitative estimate of drug-likeness (QED) is 0.400. The van der Waals surface area contributed by atoms with E-state index in [-0.39, 0.29) is 6.79 Å². The molecule has 42 valence electrons. The molecule has 0 spiro atoms. The summed E-state index contributed by atoms with van der Waals surface area (Å²) >= 11 is 0. The molecule has 2 N–H and O–H groups in total. The van der Waals surface area contributed by atoms with Crippen molar-refractivity contribution in [3.8, 4) is 0 Å². The molecule has 0 saturated carbocycles. The highest BCUT2D eigenvalue weighted by Gasteiger charge is 2.23. The van der Waals surface area contributed by atoms with Gasteiger partial charge < -0.3 is 19.7 Å². The fourth-order valence-corrected chi connectivity index (χ4v) is 0.343. The van der Waals surface area contributed by atoms with E-state index in [4.69, 9.17) is 10.2 Å². The Hall–Kier alpha value is -0.160. The molecule has 1 fully saturated rings. The topological polar surface area (TPSA) is 58.9 Å². The highest BCUT2D eigenvalue weighted by atomic mass is 16.8. The number of aliphatic hydroxyl groups excluding tert-OH is 2. The second-order valence-electron chi connectivity index (χ2n) is 1.23. The van der Waals surface area contributed by atoms with Crippen molar-refractivity contribution >= 4 is 0 Å². The summed E-state index contributed by atoms with van der Waals surface area (Å²) in [5.74, 6) is 0. The summed E-state index contributed by atoms with van der Waals surface area (Å²) in [6.07, 6.45) is -2.31. The lowest BCUT2D eigenvalue weighted by atomic mass is 10.6. The van der Waals surface area contributed by atoms with Gasteiger partial charge in [-0.05, 0) is 0 Å². The second-order valence-corrected chi connectivity index (χ2v) is 1.23. The highest BCUT2D eigenvalue weighted by Crippen LogP contribution is 2.05. The molecule has 1 saturated heterocycles. The zero-order valence-corrected chi connectivity index (χ0v) is 3.57. The highest BCUT2D eigenvalue weighted by molar-refractivity contribution is 4.46. The van der Waals surface area contributed by atoms with Crippen LogP contribution in [-0.4, -0.2) is 29.6 Å². The summed E-state index contributed by atoms with van der Waals surface area (Å²) in [6.45, 7) is -0.0255. The van der Waals surface area contributed by atoms with Crippen LogP contribution in [0.25, 0.3) is 0 Å². The Morgan fingerprint density at radius 3 is 1.71 bits per heavy atom. The zero-order chi connectivity index (χ0) is 5.28. The Balaban J connectivity index is 2.33. The Morgan fingerprint density at radius 2 is 1.57 bits per heavy atom.